The van der Waals surface area contributed by atoms with Gasteiger partial charge in [-0.3, -0.25) is 0 Å². The summed E-state index contributed by atoms with van der Waals surface area (Å²) in [6.07, 6.45) is 0. The highest BCUT2D eigenvalue weighted by atomic mass is 15.3. The van der Waals surface area contributed by atoms with Crippen LogP contribution in [0.3, 0.4) is 0 Å². The number of anilines is 3. The van der Waals surface area contributed by atoms with Gasteiger partial charge in [0.1, 0.15) is 17.5 Å². The zero-order chi connectivity index (χ0) is 21.4. The molecule has 8 heteroatoms. The number of benzene rings is 1. The number of likely N-dealkylation sites (N-methyl/N-ethyl adjacent to an activating group) is 1. The maximum absolute atomic E-state index is 4.90. The molecule has 5 rings (SSSR count). The molecule has 0 amide bonds. The Morgan fingerprint density at radius 1 is 0.645 bits per heavy atom. The van der Waals surface area contributed by atoms with Crippen molar-refractivity contribution in [3.8, 4) is 0 Å². The maximum atomic E-state index is 4.90. The molecule has 8 nitrogen and oxygen atoms in total. The van der Waals surface area contributed by atoms with E-state index in [1.165, 1.54) is 0 Å². The molecule has 0 radical (unpaired) electrons. The first-order valence-electron chi connectivity index (χ1n) is 11.1. The molecule has 0 aliphatic carbocycles. The van der Waals surface area contributed by atoms with E-state index in [1.54, 1.807) is 0 Å². The van der Waals surface area contributed by atoms with E-state index in [2.05, 4.69) is 39.6 Å². The van der Waals surface area contributed by atoms with Crippen molar-refractivity contribution in [1.82, 2.24) is 24.8 Å². The summed E-state index contributed by atoms with van der Waals surface area (Å²) in [4.78, 5) is 28.6. The number of rotatable bonds is 3. The predicted molar refractivity (Wildman–Crippen MR) is 125 cm³/mol. The van der Waals surface area contributed by atoms with Crippen molar-refractivity contribution in [3.63, 3.8) is 0 Å². The van der Waals surface area contributed by atoms with Crippen molar-refractivity contribution >= 4 is 28.5 Å². The van der Waals surface area contributed by atoms with Crippen molar-refractivity contribution in [3.05, 3.63) is 41.9 Å². The van der Waals surface area contributed by atoms with E-state index in [9.17, 15) is 0 Å². The van der Waals surface area contributed by atoms with Crippen LogP contribution in [0.2, 0.25) is 0 Å². The Balaban J connectivity index is 1.31. The van der Waals surface area contributed by atoms with Gasteiger partial charge in [-0.05, 0) is 33.0 Å². The van der Waals surface area contributed by atoms with E-state index in [1.807, 2.05) is 31.2 Å². The van der Waals surface area contributed by atoms with E-state index in [4.69, 9.17) is 19.9 Å². The molecular weight excluding hydrogens is 388 g/mol. The summed E-state index contributed by atoms with van der Waals surface area (Å²) >= 11 is 0. The summed E-state index contributed by atoms with van der Waals surface area (Å²) < 4.78 is 0. The summed E-state index contributed by atoms with van der Waals surface area (Å²) in [5.74, 6) is 3.91. The highest BCUT2D eigenvalue weighted by Gasteiger charge is 2.23. The van der Waals surface area contributed by atoms with Gasteiger partial charge < -0.3 is 19.6 Å². The molecule has 162 valence electrons. The van der Waals surface area contributed by atoms with Crippen LogP contribution in [0, 0.1) is 13.8 Å². The largest absolute Gasteiger partial charge is 0.354 e. The van der Waals surface area contributed by atoms with E-state index in [0.717, 1.165) is 92.4 Å². The van der Waals surface area contributed by atoms with Crippen molar-refractivity contribution in [1.29, 1.82) is 0 Å². The highest BCUT2D eigenvalue weighted by Crippen LogP contribution is 2.25. The number of aromatic nitrogens is 4. The van der Waals surface area contributed by atoms with Gasteiger partial charge in [-0.25, -0.2) is 19.9 Å². The average molecular weight is 419 g/mol. The van der Waals surface area contributed by atoms with Gasteiger partial charge in [0, 0.05) is 58.4 Å². The van der Waals surface area contributed by atoms with Crippen LogP contribution in [0.15, 0.2) is 30.3 Å². The molecule has 0 atom stereocenters. The number of nitrogens with zero attached hydrogens (tertiary/aromatic N) is 8. The lowest BCUT2D eigenvalue weighted by Crippen LogP contribution is -2.48. The van der Waals surface area contributed by atoms with E-state index in [-0.39, 0.29) is 0 Å². The van der Waals surface area contributed by atoms with Crippen LogP contribution in [-0.2, 0) is 0 Å². The minimum atomic E-state index is 0.838. The fourth-order valence-electron chi connectivity index (χ4n) is 4.42. The third-order valence-corrected chi connectivity index (χ3v) is 6.26. The number of fused-ring (bicyclic) bond motifs is 1. The Morgan fingerprint density at radius 2 is 1.16 bits per heavy atom. The lowest BCUT2D eigenvalue weighted by atomic mass is 10.2. The first-order chi connectivity index (χ1) is 15.1. The quantitative estimate of drug-likeness (QED) is 0.641. The fraction of sp³-hybridized carbons (Fsp3) is 0.478. The molecular formula is C23H30N8. The van der Waals surface area contributed by atoms with Crippen LogP contribution in [0.25, 0.3) is 11.0 Å². The molecule has 0 spiro atoms. The third kappa shape index (κ3) is 4.12. The summed E-state index contributed by atoms with van der Waals surface area (Å²) in [5.41, 5.74) is 2.89. The average Bonchev–Trinajstić information content (AvgIpc) is 2.79. The van der Waals surface area contributed by atoms with Gasteiger partial charge in [-0.1, -0.05) is 12.1 Å². The fourth-order valence-corrected chi connectivity index (χ4v) is 4.42. The molecule has 2 fully saturated rings. The monoisotopic (exact) mass is 418 g/mol. The maximum Gasteiger partial charge on any atom is 0.150 e. The van der Waals surface area contributed by atoms with Crippen LogP contribution < -0.4 is 14.7 Å². The smallest absolute Gasteiger partial charge is 0.150 e. The second-order valence-corrected chi connectivity index (χ2v) is 8.52. The van der Waals surface area contributed by atoms with Gasteiger partial charge in [0.15, 0.2) is 5.82 Å². The van der Waals surface area contributed by atoms with Gasteiger partial charge >= 0.3 is 0 Å². The standard InChI is InChI=1S/C23H30N8/c1-17-23(27-20-7-5-4-6-19(20)24-17)31-14-12-30(13-15-31)22-16-21(25-18(2)26-22)29-10-8-28(3)9-11-29/h4-7,16H,8-15H2,1-3H3. The molecule has 4 heterocycles. The Kier molecular flexibility index (Phi) is 5.31. The molecule has 2 saturated heterocycles. The molecule has 3 aromatic rings. The molecule has 2 aliphatic heterocycles. The normalized spacial score (nSPS) is 18.1. The number of para-hydroxylation sites is 2. The number of piperazine rings is 2. The Morgan fingerprint density at radius 3 is 1.77 bits per heavy atom. The molecule has 31 heavy (non-hydrogen) atoms. The highest BCUT2D eigenvalue weighted by molar-refractivity contribution is 5.76. The van der Waals surface area contributed by atoms with Crippen molar-refractivity contribution in [2.75, 3.05) is 74.1 Å². The molecule has 1 aromatic carbocycles. The molecule has 0 N–H and O–H groups in total. The lowest BCUT2D eigenvalue weighted by Gasteiger charge is -2.37. The van der Waals surface area contributed by atoms with Crippen LogP contribution in [0.5, 0.6) is 0 Å². The number of aryl methyl sites for hydroxylation is 2. The minimum Gasteiger partial charge on any atom is -0.354 e. The molecule has 2 aromatic heterocycles. The summed E-state index contributed by atoms with van der Waals surface area (Å²) in [5, 5.41) is 0. The summed E-state index contributed by atoms with van der Waals surface area (Å²) in [7, 11) is 2.18. The zero-order valence-electron chi connectivity index (χ0n) is 18.6. The van der Waals surface area contributed by atoms with E-state index in [0.29, 0.717) is 0 Å². The summed E-state index contributed by atoms with van der Waals surface area (Å²) in [6.45, 7) is 11.8. The Hall–Kier alpha value is -3.00. The van der Waals surface area contributed by atoms with Gasteiger partial charge in [-0.15, -0.1) is 0 Å². The molecule has 0 saturated carbocycles. The second kappa shape index (κ2) is 8.26. The van der Waals surface area contributed by atoms with E-state index < -0.39 is 0 Å². The van der Waals surface area contributed by atoms with Crippen molar-refractivity contribution in [2.24, 2.45) is 0 Å². The first kappa shape index (κ1) is 19.9. The zero-order valence-corrected chi connectivity index (χ0v) is 18.6. The van der Waals surface area contributed by atoms with Crippen molar-refractivity contribution < 1.29 is 0 Å². The molecule has 0 bridgehead atoms. The van der Waals surface area contributed by atoms with Gasteiger partial charge in [0.2, 0.25) is 0 Å². The Bertz CT molecular complexity index is 1070. The SMILES string of the molecule is Cc1nc(N2CCN(C)CC2)cc(N2CCN(c3nc4ccccc4nc3C)CC2)n1. The summed E-state index contributed by atoms with van der Waals surface area (Å²) in [6, 6.07) is 10.2. The van der Waals surface area contributed by atoms with Gasteiger partial charge in [0.25, 0.3) is 0 Å². The Labute approximate surface area is 183 Å². The molecule has 0 unspecified atom stereocenters. The van der Waals surface area contributed by atoms with Crippen LogP contribution in [-0.4, -0.2) is 84.2 Å². The number of hydrogen-bond donors (Lipinski definition) is 0. The lowest BCUT2D eigenvalue weighted by molar-refractivity contribution is 0.312. The van der Waals surface area contributed by atoms with Gasteiger partial charge in [-0.2, -0.15) is 0 Å². The van der Waals surface area contributed by atoms with Crippen LogP contribution in [0.1, 0.15) is 11.5 Å². The molecule has 2 aliphatic rings. The van der Waals surface area contributed by atoms with Crippen molar-refractivity contribution in [2.45, 2.75) is 13.8 Å². The van der Waals surface area contributed by atoms with Gasteiger partial charge in [0.05, 0.1) is 16.7 Å². The second-order valence-electron chi connectivity index (χ2n) is 8.52. The van der Waals surface area contributed by atoms with Crippen LogP contribution in [0.4, 0.5) is 17.5 Å². The van der Waals surface area contributed by atoms with E-state index >= 15 is 0 Å². The third-order valence-electron chi connectivity index (χ3n) is 6.26. The van der Waals surface area contributed by atoms with Crippen LogP contribution >= 0.6 is 0 Å². The topological polar surface area (TPSA) is 64.5 Å². The number of hydrogen-bond acceptors (Lipinski definition) is 8. The minimum absolute atomic E-state index is 0.838. The first-order valence-corrected chi connectivity index (χ1v) is 11.1. The predicted octanol–water partition coefficient (Wildman–Crippen LogP) is 2.12.